The molecule has 0 aliphatic rings. The highest BCUT2D eigenvalue weighted by molar-refractivity contribution is 9.10. The quantitative estimate of drug-likeness (QED) is 0.328. The van der Waals surface area contributed by atoms with Gasteiger partial charge in [0.1, 0.15) is 12.4 Å². The SMILES string of the molecule is C[Si](C)(C)CCOCn1cc(-c2ccccc2)c2c(Cl)c(Br)cnc21. The fraction of sp³-hybridized carbons (Fsp3) is 0.316. The van der Waals surface area contributed by atoms with Crippen molar-refractivity contribution in [3.8, 4) is 11.1 Å². The standard InChI is InChI=1S/C19H22BrClN2OSi/c1-25(2,3)10-9-24-13-23-12-15(14-7-5-4-6-8-14)17-18(21)16(20)11-22-19(17)23/h4-8,11-12H,9-10,13H2,1-3H3. The largest absolute Gasteiger partial charge is 0.361 e. The summed E-state index contributed by atoms with van der Waals surface area (Å²) in [6.07, 6.45) is 3.83. The Balaban J connectivity index is 1.96. The predicted octanol–water partition coefficient (Wildman–Crippen LogP) is 6.43. The van der Waals surface area contributed by atoms with E-state index in [4.69, 9.17) is 16.3 Å². The van der Waals surface area contributed by atoms with Crippen LogP contribution in [0, 0.1) is 0 Å². The van der Waals surface area contributed by atoms with E-state index >= 15 is 0 Å². The maximum Gasteiger partial charge on any atom is 0.143 e. The lowest BCUT2D eigenvalue weighted by Gasteiger charge is -2.15. The Labute approximate surface area is 163 Å². The highest BCUT2D eigenvalue weighted by Crippen LogP contribution is 2.38. The van der Waals surface area contributed by atoms with Gasteiger partial charge in [0, 0.05) is 38.0 Å². The third kappa shape index (κ3) is 4.34. The molecule has 0 saturated carbocycles. The lowest BCUT2D eigenvalue weighted by atomic mass is 10.1. The molecule has 0 bridgehead atoms. The van der Waals surface area contributed by atoms with Crippen molar-refractivity contribution in [3.63, 3.8) is 0 Å². The molecule has 6 heteroatoms. The molecule has 0 amide bonds. The molecular formula is C19H22BrClN2OSi. The van der Waals surface area contributed by atoms with Gasteiger partial charge in [0.2, 0.25) is 0 Å². The smallest absolute Gasteiger partial charge is 0.143 e. The fourth-order valence-corrected chi connectivity index (χ4v) is 3.96. The third-order valence-electron chi connectivity index (χ3n) is 4.09. The molecule has 0 aliphatic carbocycles. The Hall–Kier alpha value is -1.14. The van der Waals surface area contributed by atoms with E-state index in [1.54, 1.807) is 6.20 Å². The Morgan fingerprint density at radius 3 is 2.60 bits per heavy atom. The average Bonchev–Trinajstić information content (AvgIpc) is 2.94. The Bertz CT molecular complexity index is 875. The zero-order chi connectivity index (χ0) is 18.0. The van der Waals surface area contributed by atoms with Gasteiger partial charge in [-0.2, -0.15) is 0 Å². The number of benzene rings is 1. The number of nitrogens with zero attached hydrogens (tertiary/aromatic N) is 2. The van der Waals surface area contributed by atoms with Crippen molar-refractivity contribution in [2.24, 2.45) is 0 Å². The zero-order valence-electron chi connectivity index (χ0n) is 14.7. The second-order valence-corrected chi connectivity index (χ2v) is 14.2. The molecule has 3 nitrogen and oxygen atoms in total. The molecule has 2 heterocycles. The van der Waals surface area contributed by atoms with Gasteiger partial charge in [-0.3, -0.25) is 0 Å². The zero-order valence-corrected chi connectivity index (χ0v) is 18.1. The molecule has 0 atom stereocenters. The minimum Gasteiger partial charge on any atom is -0.361 e. The first-order chi connectivity index (χ1) is 11.9. The van der Waals surface area contributed by atoms with Gasteiger partial charge in [-0.05, 0) is 27.5 Å². The summed E-state index contributed by atoms with van der Waals surface area (Å²) in [5.74, 6) is 0. The van der Waals surface area contributed by atoms with Crippen LogP contribution in [0.15, 0.2) is 47.2 Å². The van der Waals surface area contributed by atoms with Crippen LogP contribution < -0.4 is 0 Å². The van der Waals surface area contributed by atoms with Gasteiger partial charge >= 0.3 is 0 Å². The third-order valence-corrected chi connectivity index (χ3v) is 7.02. The predicted molar refractivity (Wildman–Crippen MR) is 112 cm³/mol. The van der Waals surface area contributed by atoms with Gasteiger partial charge in [0.05, 0.1) is 9.50 Å². The number of aromatic nitrogens is 2. The van der Waals surface area contributed by atoms with Gasteiger partial charge in [-0.15, -0.1) is 0 Å². The molecule has 25 heavy (non-hydrogen) atoms. The normalized spacial score (nSPS) is 12.0. The van der Waals surface area contributed by atoms with Crippen LogP contribution in [-0.4, -0.2) is 24.2 Å². The summed E-state index contributed by atoms with van der Waals surface area (Å²) in [6, 6.07) is 11.4. The van der Waals surface area contributed by atoms with Crippen LogP contribution in [-0.2, 0) is 11.5 Å². The summed E-state index contributed by atoms with van der Waals surface area (Å²) in [5.41, 5.74) is 3.04. The van der Waals surface area contributed by atoms with E-state index in [-0.39, 0.29) is 0 Å². The van der Waals surface area contributed by atoms with Crippen molar-refractivity contribution in [2.45, 2.75) is 32.4 Å². The van der Waals surface area contributed by atoms with E-state index < -0.39 is 8.07 Å². The maximum atomic E-state index is 6.58. The lowest BCUT2D eigenvalue weighted by Crippen LogP contribution is -2.22. The van der Waals surface area contributed by atoms with E-state index in [9.17, 15) is 0 Å². The first-order valence-corrected chi connectivity index (χ1v) is 13.2. The minimum atomic E-state index is -1.09. The Morgan fingerprint density at radius 1 is 1.20 bits per heavy atom. The number of pyridine rings is 1. The number of hydrogen-bond donors (Lipinski definition) is 0. The molecule has 2 aromatic heterocycles. The molecule has 3 rings (SSSR count). The van der Waals surface area contributed by atoms with Crippen LogP contribution in [0.3, 0.4) is 0 Å². The van der Waals surface area contributed by atoms with Crippen molar-refractivity contribution in [1.29, 1.82) is 0 Å². The number of fused-ring (bicyclic) bond motifs is 1. The molecule has 0 saturated heterocycles. The van der Waals surface area contributed by atoms with Crippen LogP contribution in [0.25, 0.3) is 22.2 Å². The molecule has 0 N–H and O–H groups in total. The second-order valence-electron chi connectivity index (χ2n) is 7.35. The van der Waals surface area contributed by atoms with Crippen molar-refractivity contribution < 1.29 is 4.74 Å². The van der Waals surface area contributed by atoms with E-state index in [0.717, 1.165) is 39.3 Å². The van der Waals surface area contributed by atoms with Crippen molar-refractivity contribution in [3.05, 3.63) is 52.2 Å². The number of ether oxygens (including phenoxy) is 1. The van der Waals surface area contributed by atoms with E-state index in [1.165, 1.54) is 0 Å². The Kier molecular flexibility index (Phi) is 5.68. The molecule has 1 aromatic carbocycles. The minimum absolute atomic E-state index is 0.485. The molecular weight excluding hydrogens is 416 g/mol. The summed E-state index contributed by atoms with van der Waals surface area (Å²) >= 11 is 10.1. The molecule has 0 spiro atoms. The van der Waals surface area contributed by atoms with Crippen molar-refractivity contribution in [2.75, 3.05) is 6.61 Å². The highest BCUT2D eigenvalue weighted by Gasteiger charge is 2.17. The van der Waals surface area contributed by atoms with Crippen molar-refractivity contribution in [1.82, 2.24) is 9.55 Å². The van der Waals surface area contributed by atoms with Gasteiger partial charge in [0.15, 0.2) is 0 Å². The van der Waals surface area contributed by atoms with Crippen LogP contribution in [0.2, 0.25) is 30.7 Å². The number of rotatable bonds is 6. The van der Waals surface area contributed by atoms with E-state index in [2.05, 4.69) is 58.9 Å². The van der Waals surface area contributed by atoms with Gasteiger partial charge in [-0.25, -0.2) is 4.98 Å². The number of hydrogen-bond acceptors (Lipinski definition) is 2. The van der Waals surface area contributed by atoms with Gasteiger partial charge in [0.25, 0.3) is 0 Å². The highest BCUT2D eigenvalue weighted by atomic mass is 79.9. The van der Waals surface area contributed by atoms with Crippen LogP contribution in [0.1, 0.15) is 0 Å². The molecule has 0 fully saturated rings. The molecule has 3 aromatic rings. The summed E-state index contributed by atoms with van der Waals surface area (Å²) in [4.78, 5) is 4.58. The second kappa shape index (κ2) is 7.62. The fourth-order valence-electron chi connectivity index (χ4n) is 2.67. The Morgan fingerprint density at radius 2 is 1.92 bits per heavy atom. The topological polar surface area (TPSA) is 27.1 Å². The maximum absolute atomic E-state index is 6.58. The lowest BCUT2D eigenvalue weighted by molar-refractivity contribution is 0.0899. The van der Waals surface area contributed by atoms with Crippen molar-refractivity contribution >= 4 is 46.6 Å². The summed E-state index contributed by atoms with van der Waals surface area (Å²) in [5, 5.41) is 1.64. The summed E-state index contributed by atoms with van der Waals surface area (Å²) in [6.45, 7) is 8.33. The average molecular weight is 438 g/mol. The van der Waals surface area contributed by atoms with Crippen LogP contribution in [0.4, 0.5) is 0 Å². The van der Waals surface area contributed by atoms with E-state index in [1.807, 2.05) is 22.8 Å². The van der Waals surface area contributed by atoms with Crippen LogP contribution in [0.5, 0.6) is 0 Å². The first-order valence-electron chi connectivity index (χ1n) is 8.33. The van der Waals surface area contributed by atoms with Gasteiger partial charge < -0.3 is 9.30 Å². The molecule has 0 radical (unpaired) electrons. The van der Waals surface area contributed by atoms with Gasteiger partial charge in [-0.1, -0.05) is 61.6 Å². The monoisotopic (exact) mass is 436 g/mol. The van der Waals surface area contributed by atoms with Crippen LogP contribution >= 0.6 is 27.5 Å². The summed E-state index contributed by atoms with van der Waals surface area (Å²) in [7, 11) is -1.09. The molecule has 132 valence electrons. The molecule has 0 unspecified atom stereocenters. The summed E-state index contributed by atoms with van der Waals surface area (Å²) < 4.78 is 8.77. The van der Waals surface area contributed by atoms with E-state index in [0.29, 0.717) is 11.8 Å². The first kappa shape index (κ1) is 18.6. The number of halogens is 2. The molecule has 0 aliphatic heterocycles.